The van der Waals surface area contributed by atoms with E-state index in [0.29, 0.717) is 15.9 Å². The van der Waals surface area contributed by atoms with Crippen molar-refractivity contribution >= 4 is 56.6 Å². The van der Waals surface area contributed by atoms with Gasteiger partial charge in [-0.2, -0.15) is 0 Å². The lowest BCUT2D eigenvalue weighted by Gasteiger charge is -2.05. The van der Waals surface area contributed by atoms with Crippen LogP contribution in [0.2, 0.25) is 10.2 Å². The van der Waals surface area contributed by atoms with Gasteiger partial charge in [0, 0.05) is 16.3 Å². The number of rotatable bonds is 1. The summed E-state index contributed by atoms with van der Waals surface area (Å²) >= 11 is 14.3. The number of pyridine rings is 2. The molecule has 2 heterocycles. The summed E-state index contributed by atoms with van der Waals surface area (Å²) in [4.78, 5) is 4.09. The summed E-state index contributed by atoms with van der Waals surface area (Å²) in [5.41, 5.74) is 1.39. The van der Waals surface area contributed by atoms with Crippen LogP contribution in [-0.2, 0) is 0 Å². The van der Waals surface area contributed by atoms with Gasteiger partial charge in [0.1, 0.15) is 5.15 Å². The fourth-order valence-electron chi connectivity index (χ4n) is 2.05. The Labute approximate surface area is 138 Å². The van der Waals surface area contributed by atoms with E-state index in [1.807, 2.05) is 18.2 Å². The van der Waals surface area contributed by atoms with Crippen LogP contribution in [0.15, 0.2) is 42.7 Å². The predicted octanol–water partition coefficient (Wildman–Crippen LogP) is 4.34. The Morgan fingerprint density at radius 2 is 1.95 bits per heavy atom. The zero-order chi connectivity index (χ0) is 14.3. The molecule has 1 N–H and O–H groups in total. The molecule has 6 heteroatoms. The minimum Gasteiger partial charge on any atom is -0.284 e. The van der Waals surface area contributed by atoms with E-state index < -0.39 is 0 Å². The summed E-state index contributed by atoms with van der Waals surface area (Å²) in [6.45, 7) is 0. The zero-order valence-electron chi connectivity index (χ0n) is 10.0. The highest BCUT2D eigenvalue weighted by molar-refractivity contribution is 14.1. The number of hydrogen-bond donors (Lipinski definition) is 1. The largest absolute Gasteiger partial charge is 0.284 e. The average Bonchev–Trinajstić information content (AvgIpc) is 2.40. The maximum atomic E-state index is 10.2. The van der Waals surface area contributed by atoms with Crippen molar-refractivity contribution in [3.05, 3.63) is 56.5 Å². The fraction of sp³-hybridized carbons (Fsp3) is 0. The summed E-state index contributed by atoms with van der Waals surface area (Å²) < 4.78 is 1.93. The molecule has 0 spiro atoms. The summed E-state index contributed by atoms with van der Waals surface area (Å²) in [5.74, 6) is 0. The first kappa shape index (κ1) is 13.9. The number of nitrogens with zero attached hydrogens (tertiary/aromatic N) is 2. The first-order valence-corrected chi connectivity index (χ1v) is 7.55. The van der Waals surface area contributed by atoms with Crippen molar-refractivity contribution in [2.45, 2.75) is 0 Å². The second-order valence-electron chi connectivity index (χ2n) is 4.21. The molecule has 100 valence electrons. The van der Waals surface area contributed by atoms with Gasteiger partial charge in [0.15, 0.2) is 0 Å². The van der Waals surface area contributed by atoms with Gasteiger partial charge in [-0.1, -0.05) is 35.3 Å². The van der Waals surface area contributed by atoms with Gasteiger partial charge in [-0.05, 0) is 40.8 Å². The van der Waals surface area contributed by atoms with E-state index >= 15 is 0 Å². The predicted molar refractivity (Wildman–Crippen MR) is 87.3 cm³/mol. The van der Waals surface area contributed by atoms with Gasteiger partial charge >= 0.3 is 0 Å². The number of halogens is 3. The summed E-state index contributed by atoms with van der Waals surface area (Å²) in [6, 6.07) is 9.09. The Bertz CT molecular complexity index is 824. The number of fused-ring (bicyclic) bond motifs is 1. The second-order valence-corrected chi connectivity index (χ2v) is 6.08. The minimum absolute atomic E-state index is 0.388. The molecule has 3 aromatic rings. The summed E-state index contributed by atoms with van der Waals surface area (Å²) in [5, 5.41) is 12.9. The van der Waals surface area contributed by atoms with Crippen molar-refractivity contribution in [2.75, 3.05) is 0 Å². The van der Waals surface area contributed by atoms with Crippen molar-refractivity contribution in [3.8, 4) is 11.3 Å². The topological polar surface area (TPSA) is 37.0 Å². The normalized spacial score (nSPS) is 10.9. The van der Waals surface area contributed by atoms with Crippen molar-refractivity contribution in [2.24, 2.45) is 0 Å². The molecule has 0 aliphatic carbocycles. The Morgan fingerprint density at radius 1 is 1.20 bits per heavy atom. The number of hydrogen-bond acceptors (Lipinski definition) is 2. The van der Waals surface area contributed by atoms with Crippen molar-refractivity contribution in [1.82, 2.24) is 4.98 Å². The first-order chi connectivity index (χ1) is 9.58. The molecule has 0 atom stereocenters. The molecule has 0 unspecified atom stereocenters. The molecule has 0 saturated heterocycles. The number of benzene rings is 1. The van der Waals surface area contributed by atoms with Gasteiger partial charge in [0.2, 0.25) is 6.20 Å². The third kappa shape index (κ3) is 2.32. The van der Waals surface area contributed by atoms with Gasteiger partial charge in [-0.15, -0.1) is 0 Å². The van der Waals surface area contributed by atoms with E-state index in [0.717, 1.165) is 24.6 Å². The third-order valence-corrected chi connectivity index (χ3v) is 4.59. The van der Waals surface area contributed by atoms with Crippen molar-refractivity contribution in [1.29, 1.82) is 0 Å². The molecule has 0 fully saturated rings. The Kier molecular flexibility index (Phi) is 3.70. The van der Waals surface area contributed by atoms with E-state index in [4.69, 9.17) is 23.2 Å². The molecule has 20 heavy (non-hydrogen) atoms. The molecule has 0 saturated carbocycles. The first-order valence-electron chi connectivity index (χ1n) is 5.71. The molecular formula is C14H8Cl2IN2O+. The van der Waals surface area contributed by atoms with Gasteiger partial charge in [-0.3, -0.25) is 5.21 Å². The van der Waals surface area contributed by atoms with Crippen LogP contribution < -0.4 is 4.73 Å². The Morgan fingerprint density at radius 3 is 2.70 bits per heavy atom. The highest BCUT2D eigenvalue weighted by atomic mass is 127. The molecule has 0 aliphatic rings. The fourth-order valence-corrected chi connectivity index (χ4v) is 3.43. The molecule has 0 radical (unpaired) electrons. The SMILES string of the molecule is O[n+]1cc2cc(Cl)ncc2c(I)c1-c1ccccc1Cl. The van der Waals surface area contributed by atoms with Crippen LogP contribution >= 0.6 is 45.8 Å². The van der Waals surface area contributed by atoms with Crippen LogP contribution in [0.4, 0.5) is 0 Å². The van der Waals surface area contributed by atoms with Crippen LogP contribution in [0.25, 0.3) is 22.0 Å². The van der Waals surface area contributed by atoms with Crippen molar-refractivity contribution in [3.63, 3.8) is 0 Å². The maximum Gasteiger partial charge on any atom is 0.279 e. The molecular weight excluding hydrogens is 410 g/mol. The summed E-state index contributed by atoms with van der Waals surface area (Å²) in [6.07, 6.45) is 3.30. The quantitative estimate of drug-likeness (QED) is 0.277. The smallest absolute Gasteiger partial charge is 0.279 e. The van der Waals surface area contributed by atoms with Crippen LogP contribution in [0.5, 0.6) is 0 Å². The molecule has 2 aromatic heterocycles. The molecule has 0 aliphatic heterocycles. The lowest BCUT2D eigenvalue weighted by molar-refractivity contribution is -0.895. The van der Waals surface area contributed by atoms with E-state index in [1.165, 1.54) is 0 Å². The molecule has 1 aromatic carbocycles. The Hall–Kier alpha value is -1.11. The molecule has 3 nitrogen and oxygen atoms in total. The zero-order valence-corrected chi connectivity index (χ0v) is 13.7. The van der Waals surface area contributed by atoms with Crippen LogP contribution in [0.1, 0.15) is 0 Å². The highest BCUT2D eigenvalue weighted by Gasteiger charge is 2.23. The van der Waals surface area contributed by atoms with Crippen molar-refractivity contribution < 1.29 is 9.94 Å². The number of aromatic nitrogens is 2. The van der Waals surface area contributed by atoms with Crippen LogP contribution in [0, 0.1) is 3.57 Å². The molecule has 0 bridgehead atoms. The minimum atomic E-state index is 0.388. The van der Waals surface area contributed by atoms with Gasteiger partial charge in [0.25, 0.3) is 5.69 Å². The maximum absolute atomic E-state index is 10.2. The van der Waals surface area contributed by atoms with E-state index in [2.05, 4.69) is 27.6 Å². The standard InChI is InChI=1S/C14H8Cl2IN2O/c15-11-4-2-1-3-9(11)14-13(17)10-6-18-12(16)5-8(10)7-19(14)20/h1-7,20H/q+1. The van der Waals surface area contributed by atoms with Gasteiger partial charge in [-0.25, -0.2) is 4.98 Å². The molecule has 0 amide bonds. The van der Waals surface area contributed by atoms with Gasteiger partial charge in [0.05, 0.1) is 19.5 Å². The summed E-state index contributed by atoms with van der Waals surface area (Å²) in [7, 11) is 0. The second kappa shape index (κ2) is 5.35. The Balaban J connectivity index is 2.38. The monoisotopic (exact) mass is 417 g/mol. The molecule has 3 rings (SSSR count). The van der Waals surface area contributed by atoms with E-state index in [1.54, 1.807) is 24.5 Å². The average molecular weight is 418 g/mol. The van der Waals surface area contributed by atoms with E-state index in [9.17, 15) is 5.21 Å². The highest BCUT2D eigenvalue weighted by Crippen LogP contribution is 2.32. The van der Waals surface area contributed by atoms with Crippen LogP contribution in [-0.4, -0.2) is 10.2 Å². The van der Waals surface area contributed by atoms with Crippen LogP contribution in [0.3, 0.4) is 0 Å². The lowest BCUT2D eigenvalue weighted by atomic mass is 10.1. The van der Waals surface area contributed by atoms with Gasteiger partial charge < -0.3 is 0 Å². The van der Waals surface area contributed by atoms with E-state index in [-0.39, 0.29) is 0 Å². The third-order valence-electron chi connectivity index (χ3n) is 2.97. The lowest BCUT2D eigenvalue weighted by Crippen LogP contribution is -2.33.